The Bertz CT molecular complexity index is 192. The van der Waals surface area contributed by atoms with Crippen molar-refractivity contribution >= 4 is 11.8 Å². The Balaban J connectivity index is 3.44. The van der Waals surface area contributed by atoms with Gasteiger partial charge in [-0.15, -0.1) is 0 Å². The number of carbonyl (C=O) groups excluding carboxylic acids is 2. The molecule has 0 aliphatic rings. The number of nitrogens with one attached hydrogen (secondary N) is 1. The highest BCUT2D eigenvalue weighted by Crippen LogP contribution is 1.88. The molecule has 3 N–H and O–H groups in total. The van der Waals surface area contributed by atoms with Gasteiger partial charge in [0, 0.05) is 33.5 Å². The highest BCUT2D eigenvalue weighted by Gasteiger charge is 2.04. The van der Waals surface area contributed by atoms with Crippen molar-refractivity contribution in [3.05, 3.63) is 0 Å². The minimum absolute atomic E-state index is 0.0177. The highest BCUT2D eigenvalue weighted by atomic mass is 16.2. The maximum absolute atomic E-state index is 11.1. The first-order valence-electron chi connectivity index (χ1n) is 4.75. The Morgan fingerprint density at radius 3 is 2.43 bits per heavy atom. The van der Waals surface area contributed by atoms with Crippen LogP contribution in [0.5, 0.6) is 0 Å². The lowest BCUT2D eigenvalue weighted by Gasteiger charge is -2.10. The quantitative estimate of drug-likeness (QED) is 0.598. The molecule has 0 bridgehead atoms. The number of hydrogen-bond donors (Lipinski definition) is 2. The fourth-order valence-corrected chi connectivity index (χ4v) is 0.883. The van der Waals surface area contributed by atoms with Crippen LogP contribution in [0.15, 0.2) is 0 Å². The minimum atomic E-state index is -0.0398. The summed E-state index contributed by atoms with van der Waals surface area (Å²) in [7, 11) is 3.39. The van der Waals surface area contributed by atoms with E-state index in [2.05, 4.69) is 5.32 Å². The van der Waals surface area contributed by atoms with E-state index in [9.17, 15) is 9.59 Å². The molecular weight excluding hydrogens is 182 g/mol. The average molecular weight is 201 g/mol. The number of amides is 2. The third kappa shape index (κ3) is 6.42. The van der Waals surface area contributed by atoms with Crippen LogP contribution < -0.4 is 11.1 Å². The standard InChI is InChI=1S/C9H19N3O2/c1-12(2)9(14)5-7-11-8(13)4-3-6-10/h3-7,10H2,1-2H3,(H,11,13). The van der Waals surface area contributed by atoms with E-state index < -0.39 is 0 Å². The molecule has 0 heterocycles. The van der Waals surface area contributed by atoms with Crippen molar-refractivity contribution in [1.82, 2.24) is 10.2 Å². The predicted molar refractivity (Wildman–Crippen MR) is 54.6 cm³/mol. The van der Waals surface area contributed by atoms with E-state index in [4.69, 9.17) is 5.73 Å². The van der Waals surface area contributed by atoms with Crippen molar-refractivity contribution < 1.29 is 9.59 Å². The fourth-order valence-electron chi connectivity index (χ4n) is 0.883. The van der Waals surface area contributed by atoms with Crippen molar-refractivity contribution in [2.24, 2.45) is 5.73 Å². The van der Waals surface area contributed by atoms with E-state index in [1.807, 2.05) is 0 Å². The molecule has 0 saturated carbocycles. The SMILES string of the molecule is CN(C)C(=O)CCNC(=O)CCCN. The van der Waals surface area contributed by atoms with Crippen LogP contribution >= 0.6 is 0 Å². The third-order valence-electron chi connectivity index (χ3n) is 1.77. The molecule has 82 valence electrons. The minimum Gasteiger partial charge on any atom is -0.356 e. The molecule has 0 unspecified atom stereocenters. The number of carbonyl (C=O) groups is 2. The molecule has 14 heavy (non-hydrogen) atoms. The maximum Gasteiger partial charge on any atom is 0.223 e. The zero-order valence-electron chi connectivity index (χ0n) is 8.88. The van der Waals surface area contributed by atoms with Crippen molar-refractivity contribution in [3.8, 4) is 0 Å². The zero-order chi connectivity index (χ0) is 11.0. The molecular formula is C9H19N3O2. The third-order valence-corrected chi connectivity index (χ3v) is 1.77. The van der Waals surface area contributed by atoms with Crippen LogP contribution in [0.2, 0.25) is 0 Å². The van der Waals surface area contributed by atoms with Crippen LogP contribution in [-0.2, 0) is 9.59 Å². The summed E-state index contributed by atoms with van der Waals surface area (Å²) in [5.41, 5.74) is 5.25. The van der Waals surface area contributed by atoms with E-state index in [1.54, 1.807) is 14.1 Å². The van der Waals surface area contributed by atoms with Crippen molar-refractivity contribution in [3.63, 3.8) is 0 Å². The summed E-state index contributed by atoms with van der Waals surface area (Å²) in [6.45, 7) is 0.921. The summed E-state index contributed by atoms with van der Waals surface area (Å²) in [5, 5.41) is 2.66. The maximum atomic E-state index is 11.1. The van der Waals surface area contributed by atoms with Gasteiger partial charge in [-0.1, -0.05) is 0 Å². The topological polar surface area (TPSA) is 75.4 Å². The van der Waals surface area contributed by atoms with Crippen molar-refractivity contribution in [2.45, 2.75) is 19.3 Å². The van der Waals surface area contributed by atoms with Gasteiger partial charge in [0.15, 0.2) is 0 Å². The summed E-state index contributed by atoms with van der Waals surface area (Å²) in [6.07, 6.45) is 1.47. The van der Waals surface area contributed by atoms with Gasteiger partial charge in [-0.2, -0.15) is 0 Å². The van der Waals surface area contributed by atoms with E-state index in [-0.39, 0.29) is 11.8 Å². The molecule has 0 radical (unpaired) electrons. The Morgan fingerprint density at radius 2 is 1.93 bits per heavy atom. The molecule has 0 aliphatic carbocycles. The predicted octanol–water partition coefficient (Wildman–Crippen LogP) is -0.680. The van der Waals surface area contributed by atoms with Crippen molar-refractivity contribution in [1.29, 1.82) is 0 Å². The molecule has 0 spiro atoms. The Hall–Kier alpha value is -1.10. The normalized spacial score (nSPS) is 9.64. The summed E-state index contributed by atoms with van der Waals surface area (Å²) in [6, 6.07) is 0. The molecule has 5 nitrogen and oxygen atoms in total. The van der Waals surface area contributed by atoms with Gasteiger partial charge in [0.1, 0.15) is 0 Å². The molecule has 0 rings (SSSR count). The van der Waals surface area contributed by atoms with E-state index >= 15 is 0 Å². The number of hydrogen-bond acceptors (Lipinski definition) is 3. The highest BCUT2D eigenvalue weighted by molar-refractivity contribution is 5.78. The first kappa shape index (κ1) is 12.9. The lowest BCUT2D eigenvalue weighted by atomic mass is 10.3. The van der Waals surface area contributed by atoms with Crippen LogP contribution in [0.25, 0.3) is 0 Å². The van der Waals surface area contributed by atoms with E-state index in [1.165, 1.54) is 4.90 Å². The van der Waals surface area contributed by atoms with Crippen LogP contribution in [0.1, 0.15) is 19.3 Å². The second kappa shape index (κ2) is 7.32. The van der Waals surface area contributed by atoms with E-state index in [0.29, 0.717) is 32.4 Å². The Kier molecular flexibility index (Phi) is 6.74. The molecule has 0 fully saturated rings. The molecule has 0 aliphatic heterocycles. The van der Waals surface area contributed by atoms with Crippen LogP contribution in [0, 0.1) is 0 Å². The summed E-state index contributed by atoms with van der Waals surface area (Å²) in [5.74, 6) is -0.0221. The van der Waals surface area contributed by atoms with E-state index in [0.717, 1.165) is 0 Å². The lowest BCUT2D eigenvalue weighted by molar-refractivity contribution is -0.128. The zero-order valence-corrected chi connectivity index (χ0v) is 8.88. The van der Waals surface area contributed by atoms with Gasteiger partial charge >= 0.3 is 0 Å². The van der Waals surface area contributed by atoms with Gasteiger partial charge < -0.3 is 16.0 Å². The molecule has 2 amide bonds. The Morgan fingerprint density at radius 1 is 1.29 bits per heavy atom. The fraction of sp³-hybridized carbons (Fsp3) is 0.778. The van der Waals surface area contributed by atoms with Crippen LogP contribution in [-0.4, -0.2) is 43.9 Å². The van der Waals surface area contributed by atoms with Crippen LogP contribution in [0.3, 0.4) is 0 Å². The van der Waals surface area contributed by atoms with Gasteiger partial charge in [0.25, 0.3) is 0 Å². The smallest absolute Gasteiger partial charge is 0.223 e. The monoisotopic (exact) mass is 201 g/mol. The van der Waals surface area contributed by atoms with Gasteiger partial charge in [0.05, 0.1) is 0 Å². The van der Waals surface area contributed by atoms with Gasteiger partial charge in [-0.25, -0.2) is 0 Å². The molecule has 0 aromatic carbocycles. The molecule has 0 aromatic rings. The Labute approximate surface area is 84.6 Å². The first-order valence-corrected chi connectivity index (χ1v) is 4.75. The second-order valence-electron chi connectivity index (χ2n) is 3.28. The first-order chi connectivity index (χ1) is 6.57. The van der Waals surface area contributed by atoms with Gasteiger partial charge in [-0.3, -0.25) is 9.59 Å². The number of rotatable bonds is 6. The molecule has 0 aromatic heterocycles. The summed E-state index contributed by atoms with van der Waals surface area (Å²) < 4.78 is 0. The average Bonchev–Trinajstić information content (AvgIpc) is 2.14. The molecule has 0 atom stereocenters. The summed E-state index contributed by atoms with van der Waals surface area (Å²) in [4.78, 5) is 23.7. The van der Waals surface area contributed by atoms with Crippen LogP contribution in [0.4, 0.5) is 0 Å². The number of nitrogens with zero attached hydrogens (tertiary/aromatic N) is 1. The molecule has 0 saturated heterocycles. The molecule has 5 heteroatoms. The number of nitrogens with two attached hydrogens (primary N) is 1. The second-order valence-corrected chi connectivity index (χ2v) is 3.28. The van der Waals surface area contributed by atoms with Gasteiger partial charge in [0.2, 0.25) is 11.8 Å². The largest absolute Gasteiger partial charge is 0.356 e. The summed E-state index contributed by atoms with van der Waals surface area (Å²) >= 11 is 0. The van der Waals surface area contributed by atoms with Crippen molar-refractivity contribution in [2.75, 3.05) is 27.2 Å². The lowest BCUT2D eigenvalue weighted by Crippen LogP contribution is -2.30. The van der Waals surface area contributed by atoms with Gasteiger partial charge in [-0.05, 0) is 13.0 Å².